The highest BCUT2D eigenvalue weighted by Crippen LogP contribution is 2.20. The zero-order valence-corrected chi connectivity index (χ0v) is 15.1. The Morgan fingerprint density at radius 2 is 2.04 bits per heavy atom. The summed E-state index contributed by atoms with van der Waals surface area (Å²) in [4.78, 5) is 24.4. The van der Waals surface area contributed by atoms with Gasteiger partial charge >= 0.3 is 0 Å². The Kier molecular flexibility index (Phi) is 5.45. The molecule has 24 heavy (non-hydrogen) atoms. The predicted molar refractivity (Wildman–Crippen MR) is 98.6 cm³/mol. The molecule has 0 saturated carbocycles. The number of thiophene rings is 1. The van der Waals surface area contributed by atoms with Crippen molar-refractivity contribution in [2.24, 2.45) is 5.92 Å². The molecule has 3 heterocycles. The van der Waals surface area contributed by atoms with Gasteiger partial charge in [-0.05, 0) is 49.1 Å². The first kappa shape index (κ1) is 16.9. The van der Waals surface area contributed by atoms with Crippen molar-refractivity contribution < 1.29 is 4.79 Å². The summed E-state index contributed by atoms with van der Waals surface area (Å²) < 4.78 is 0. The van der Waals surface area contributed by atoms with Crippen LogP contribution in [0.4, 0.5) is 11.6 Å². The number of amides is 1. The number of nitrogens with zero attached hydrogens (tertiary/aromatic N) is 3. The minimum Gasteiger partial charge on any atom is -0.341 e. The van der Waals surface area contributed by atoms with Gasteiger partial charge in [0, 0.05) is 24.4 Å². The fraction of sp³-hybridized carbons (Fsp3) is 0.500. The molecule has 1 amide bonds. The molecule has 6 heteroatoms. The number of aryl methyl sites for hydroxylation is 2. The third-order valence-corrected chi connectivity index (χ3v) is 5.62. The number of hydrogen-bond donors (Lipinski definition) is 1. The maximum Gasteiger partial charge on any atom is 0.225 e. The van der Waals surface area contributed by atoms with Crippen molar-refractivity contribution in [3.8, 4) is 0 Å². The first-order valence-corrected chi connectivity index (χ1v) is 9.39. The second kappa shape index (κ2) is 7.75. The first-order valence-electron chi connectivity index (χ1n) is 8.51. The third kappa shape index (κ3) is 4.32. The quantitative estimate of drug-likeness (QED) is 0.899. The number of hydrogen-bond acceptors (Lipinski definition) is 5. The molecule has 1 aliphatic heterocycles. The van der Waals surface area contributed by atoms with Crippen molar-refractivity contribution in [2.45, 2.75) is 39.5 Å². The van der Waals surface area contributed by atoms with Crippen molar-refractivity contribution in [1.82, 2.24) is 9.97 Å². The second-order valence-corrected chi connectivity index (χ2v) is 7.52. The van der Waals surface area contributed by atoms with E-state index in [0.29, 0.717) is 12.1 Å². The molecule has 0 atom stereocenters. The SMILES string of the molecule is Cc1ccsc1CCC(=O)Nc1cnc(N2CCC(C)CC2)nc1. The summed E-state index contributed by atoms with van der Waals surface area (Å²) in [5.41, 5.74) is 1.92. The fourth-order valence-corrected chi connectivity index (χ4v) is 3.78. The van der Waals surface area contributed by atoms with Gasteiger partial charge in [-0.25, -0.2) is 9.97 Å². The van der Waals surface area contributed by atoms with Crippen LogP contribution in [0, 0.1) is 12.8 Å². The van der Waals surface area contributed by atoms with Crippen molar-refractivity contribution in [2.75, 3.05) is 23.3 Å². The van der Waals surface area contributed by atoms with E-state index in [1.165, 1.54) is 23.3 Å². The zero-order valence-electron chi connectivity index (χ0n) is 14.3. The lowest BCUT2D eigenvalue weighted by atomic mass is 10.00. The summed E-state index contributed by atoms with van der Waals surface area (Å²) in [5.74, 6) is 1.55. The summed E-state index contributed by atoms with van der Waals surface area (Å²) in [6, 6.07) is 2.09. The number of piperidine rings is 1. The highest BCUT2D eigenvalue weighted by molar-refractivity contribution is 7.10. The van der Waals surface area contributed by atoms with Crippen molar-refractivity contribution in [3.63, 3.8) is 0 Å². The summed E-state index contributed by atoms with van der Waals surface area (Å²) in [7, 11) is 0. The summed E-state index contributed by atoms with van der Waals surface area (Å²) in [5, 5.41) is 4.95. The largest absolute Gasteiger partial charge is 0.341 e. The van der Waals surface area contributed by atoms with Crippen LogP contribution < -0.4 is 10.2 Å². The molecule has 0 aliphatic carbocycles. The van der Waals surface area contributed by atoms with Crippen LogP contribution in [0.3, 0.4) is 0 Å². The molecule has 1 aliphatic rings. The number of aromatic nitrogens is 2. The molecule has 2 aromatic rings. The number of rotatable bonds is 5. The lowest BCUT2D eigenvalue weighted by molar-refractivity contribution is -0.116. The Morgan fingerprint density at radius 1 is 1.33 bits per heavy atom. The molecule has 0 spiro atoms. The van der Waals surface area contributed by atoms with Gasteiger partial charge in [0.1, 0.15) is 0 Å². The van der Waals surface area contributed by atoms with E-state index < -0.39 is 0 Å². The molecule has 1 saturated heterocycles. The van der Waals surface area contributed by atoms with Gasteiger partial charge in [0.2, 0.25) is 11.9 Å². The van der Waals surface area contributed by atoms with Crippen molar-refractivity contribution >= 4 is 28.9 Å². The van der Waals surface area contributed by atoms with Crippen LogP contribution in [0.15, 0.2) is 23.8 Å². The van der Waals surface area contributed by atoms with E-state index >= 15 is 0 Å². The van der Waals surface area contributed by atoms with E-state index in [-0.39, 0.29) is 5.91 Å². The van der Waals surface area contributed by atoms with Crippen LogP contribution in [-0.4, -0.2) is 29.0 Å². The third-order valence-electron chi connectivity index (χ3n) is 4.54. The van der Waals surface area contributed by atoms with Gasteiger partial charge in [-0.1, -0.05) is 6.92 Å². The van der Waals surface area contributed by atoms with Crippen LogP contribution in [0.5, 0.6) is 0 Å². The van der Waals surface area contributed by atoms with E-state index in [0.717, 1.165) is 31.4 Å². The maximum atomic E-state index is 12.1. The lowest BCUT2D eigenvalue weighted by Gasteiger charge is -2.30. The normalized spacial score (nSPS) is 15.5. The first-order chi connectivity index (χ1) is 11.6. The molecule has 2 aromatic heterocycles. The zero-order chi connectivity index (χ0) is 16.9. The van der Waals surface area contributed by atoms with E-state index in [9.17, 15) is 4.79 Å². The number of nitrogens with one attached hydrogen (secondary N) is 1. The summed E-state index contributed by atoms with van der Waals surface area (Å²) >= 11 is 1.71. The molecule has 0 bridgehead atoms. The molecule has 0 unspecified atom stereocenters. The molecule has 0 aromatic carbocycles. The summed E-state index contributed by atoms with van der Waals surface area (Å²) in [6.45, 7) is 6.38. The highest BCUT2D eigenvalue weighted by atomic mass is 32.1. The minimum atomic E-state index is 0.00551. The van der Waals surface area contributed by atoms with Gasteiger partial charge in [-0.3, -0.25) is 4.79 Å². The number of anilines is 2. The fourth-order valence-electron chi connectivity index (χ4n) is 2.87. The van der Waals surface area contributed by atoms with Crippen molar-refractivity contribution in [1.29, 1.82) is 0 Å². The Balaban J connectivity index is 1.50. The Hall–Kier alpha value is -1.95. The standard InChI is InChI=1S/C18H24N4OS/c1-13-5-8-22(9-6-13)18-19-11-15(12-20-18)21-17(23)4-3-16-14(2)7-10-24-16/h7,10-13H,3-6,8-9H2,1-2H3,(H,21,23). The lowest BCUT2D eigenvalue weighted by Crippen LogP contribution is -2.34. The van der Waals surface area contributed by atoms with E-state index in [1.54, 1.807) is 23.7 Å². The molecule has 128 valence electrons. The van der Waals surface area contributed by atoms with Crippen LogP contribution in [0.1, 0.15) is 36.6 Å². The van der Waals surface area contributed by atoms with Gasteiger partial charge in [0.25, 0.3) is 0 Å². The monoisotopic (exact) mass is 344 g/mol. The smallest absolute Gasteiger partial charge is 0.225 e. The highest BCUT2D eigenvalue weighted by Gasteiger charge is 2.17. The predicted octanol–water partition coefficient (Wildman–Crippen LogP) is 3.65. The van der Waals surface area contributed by atoms with Gasteiger partial charge < -0.3 is 10.2 Å². The van der Waals surface area contributed by atoms with E-state index in [1.807, 2.05) is 0 Å². The van der Waals surface area contributed by atoms with Gasteiger partial charge in [-0.2, -0.15) is 0 Å². The van der Waals surface area contributed by atoms with Crippen LogP contribution >= 0.6 is 11.3 Å². The molecule has 5 nitrogen and oxygen atoms in total. The topological polar surface area (TPSA) is 58.1 Å². The number of carbonyl (C=O) groups excluding carboxylic acids is 1. The Bertz CT molecular complexity index is 675. The second-order valence-electron chi connectivity index (χ2n) is 6.52. The molecular formula is C18H24N4OS. The van der Waals surface area contributed by atoms with E-state index in [4.69, 9.17) is 0 Å². The van der Waals surface area contributed by atoms with Crippen LogP contribution in [0.25, 0.3) is 0 Å². The Labute approximate surface area is 147 Å². The van der Waals surface area contributed by atoms with Crippen LogP contribution in [0.2, 0.25) is 0 Å². The van der Waals surface area contributed by atoms with Gasteiger partial charge in [0.15, 0.2) is 0 Å². The van der Waals surface area contributed by atoms with Crippen molar-refractivity contribution in [3.05, 3.63) is 34.3 Å². The molecular weight excluding hydrogens is 320 g/mol. The van der Waals surface area contributed by atoms with Crippen LogP contribution in [-0.2, 0) is 11.2 Å². The van der Waals surface area contributed by atoms with E-state index in [2.05, 4.69) is 45.5 Å². The average Bonchev–Trinajstić information content (AvgIpc) is 3.00. The maximum absolute atomic E-state index is 12.1. The minimum absolute atomic E-state index is 0.00551. The molecule has 0 radical (unpaired) electrons. The summed E-state index contributed by atoms with van der Waals surface area (Å²) in [6.07, 6.45) is 7.03. The van der Waals surface area contributed by atoms with Gasteiger partial charge in [-0.15, -0.1) is 11.3 Å². The molecule has 1 N–H and O–H groups in total. The molecule has 3 rings (SSSR count). The Morgan fingerprint density at radius 3 is 2.67 bits per heavy atom. The molecule has 1 fully saturated rings. The number of carbonyl (C=O) groups is 1. The van der Waals surface area contributed by atoms with Gasteiger partial charge in [0.05, 0.1) is 18.1 Å². The average molecular weight is 344 g/mol.